The Hall–Kier alpha value is -3.51. The van der Waals surface area contributed by atoms with Crippen LogP contribution in [-0.2, 0) is 137 Å². The summed E-state index contributed by atoms with van der Waals surface area (Å²) in [6, 6.07) is 0. The van der Waals surface area contributed by atoms with E-state index < -0.39 is 5.20 Å². The van der Waals surface area contributed by atoms with Gasteiger partial charge in [0.15, 0.2) is 58.2 Å². The number of aryl methyl sites for hydroxylation is 11. The first-order valence-corrected chi connectivity index (χ1v) is 41.7. The second kappa shape index (κ2) is 70.0. The molecule has 116 heavy (non-hydrogen) atoms. The minimum Gasteiger partial charge on any atom is -0.407 e. The van der Waals surface area contributed by atoms with Crippen LogP contribution >= 0.6 is 89.7 Å². The summed E-state index contributed by atoms with van der Waals surface area (Å²) in [5.41, 5.74) is 16.8. The summed E-state index contributed by atoms with van der Waals surface area (Å²) in [4.78, 5) is 85.4. The number of H-pyrrole nitrogens is 4. The van der Waals surface area contributed by atoms with E-state index in [0.29, 0.717) is 62.5 Å². The smallest absolute Gasteiger partial charge is 0.407 e. The van der Waals surface area contributed by atoms with E-state index in [1.54, 1.807) is 25.5 Å². The number of nitrogens with zero attached hydrogens (tertiary/aromatic N) is 16. The van der Waals surface area contributed by atoms with Crippen molar-refractivity contribution in [2.45, 2.75) is 221 Å². The summed E-state index contributed by atoms with van der Waals surface area (Å²) in [6.45, 7) is 56.5. The molecule has 0 amide bonds. The van der Waals surface area contributed by atoms with Gasteiger partial charge in [0.1, 0.15) is 10.3 Å². The van der Waals surface area contributed by atoms with E-state index in [-0.39, 0.29) is 163 Å². The molecule has 10 rings (SSSR count). The van der Waals surface area contributed by atoms with Crippen molar-refractivity contribution in [3.63, 3.8) is 0 Å². The second-order valence-electron chi connectivity index (χ2n) is 24.0. The number of rotatable bonds is 12. The average Bonchev–Trinajstić information content (AvgIpc) is 1.66. The van der Waals surface area contributed by atoms with Crippen molar-refractivity contribution in [3.8, 4) is 58.2 Å². The monoisotopic (exact) mass is 2670 g/mol. The topological polar surface area (TPSA) is 288 Å². The summed E-state index contributed by atoms with van der Waals surface area (Å²) in [5.74, 6) is 14.3. The Morgan fingerprint density at radius 1 is 0.414 bits per heavy atom. The summed E-state index contributed by atoms with van der Waals surface area (Å²) < 4.78 is 13.7. The molecule has 0 atom stereocenters. The maximum absolute atomic E-state index is 11.5. The van der Waals surface area contributed by atoms with Crippen LogP contribution in [0.25, 0.3) is 58.2 Å². The van der Waals surface area contributed by atoms with Crippen LogP contribution in [0.4, 0.5) is 0 Å². The molecule has 0 aromatic carbocycles. The minimum atomic E-state index is -3.22. The Bertz CT molecular complexity index is 4240. The number of aromatic amines is 4. The summed E-state index contributed by atoms with van der Waals surface area (Å²) in [6.07, 6.45) is 13.3. The first-order valence-electron chi connectivity index (χ1n) is 34.2. The van der Waals surface area contributed by atoms with Crippen molar-refractivity contribution in [2.75, 3.05) is 12.2 Å². The fourth-order valence-electron chi connectivity index (χ4n) is 9.49. The van der Waals surface area contributed by atoms with Gasteiger partial charge >= 0.3 is 111 Å². The van der Waals surface area contributed by atoms with Crippen molar-refractivity contribution >= 4 is 89.7 Å². The molecule has 0 radical (unpaired) electrons. The predicted octanol–water partition coefficient (Wildman–Crippen LogP) is 26.2. The Morgan fingerprint density at radius 3 is 0.974 bits per heavy atom. The van der Waals surface area contributed by atoms with Gasteiger partial charge in [-0.3, -0.25) is 14.3 Å². The largest absolute Gasteiger partial charge is 2.00 e. The average molecular weight is 2670 g/mol. The molecule has 0 saturated carbocycles. The second-order valence-corrected chi connectivity index (χ2v) is 31.4. The van der Waals surface area contributed by atoms with Gasteiger partial charge in [-0.25, -0.2) is 44.9 Å². The molecule has 10 aromatic rings. The molecule has 35 heteroatoms. The molecule has 0 fully saturated rings. The van der Waals surface area contributed by atoms with Gasteiger partial charge < -0.3 is 86.1 Å². The number of nitrogens with one attached hydrogen (secondary N) is 4. The number of halogens is 7. The van der Waals surface area contributed by atoms with Gasteiger partial charge in [-0.1, -0.05) is 177 Å². The van der Waals surface area contributed by atoms with Gasteiger partial charge in [0, 0.05) is 79.6 Å². The third kappa shape index (κ3) is 44.0. The van der Waals surface area contributed by atoms with Crippen LogP contribution in [0.2, 0.25) is 10.3 Å². The Balaban J connectivity index is -0.0000000691. The van der Waals surface area contributed by atoms with Crippen molar-refractivity contribution in [2.24, 2.45) is 14.1 Å². The molecule has 4 N–H and O–H groups in total. The zero-order valence-electron chi connectivity index (χ0n) is 74.6. The van der Waals surface area contributed by atoms with Crippen LogP contribution in [0.3, 0.4) is 0 Å². The third-order valence-corrected chi connectivity index (χ3v) is 15.2. The predicted molar refractivity (Wildman–Crippen MR) is 495 cm³/mol. The Kier molecular flexibility index (Phi) is 83.5. The van der Waals surface area contributed by atoms with E-state index >= 15 is 0 Å². The summed E-state index contributed by atoms with van der Waals surface area (Å²) in [5, 5.41) is -2.30. The molecular formula is C81H140BrCl6N20O2PW5. The molecule has 0 bridgehead atoms. The van der Waals surface area contributed by atoms with Crippen LogP contribution in [0.1, 0.15) is 242 Å². The summed E-state index contributed by atoms with van der Waals surface area (Å²) in [7, 11) is 4.03. The van der Waals surface area contributed by atoms with Gasteiger partial charge in [-0.05, 0) is 105 Å². The third-order valence-electron chi connectivity index (χ3n) is 14.4. The van der Waals surface area contributed by atoms with Crippen LogP contribution in [0.5, 0.6) is 0 Å². The first kappa shape index (κ1) is 138. The van der Waals surface area contributed by atoms with Gasteiger partial charge in [0.05, 0.1) is 0 Å². The molecule has 0 saturated heterocycles. The van der Waals surface area contributed by atoms with Crippen molar-refractivity contribution in [1.82, 2.24) is 98.8 Å². The number of imidazole rings is 5. The Labute approximate surface area is 816 Å². The van der Waals surface area contributed by atoms with E-state index in [2.05, 4.69) is 222 Å². The van der Waals surface area contributed by atoms with E-state index in [4.69, 9.17) is 23.2 Å². The van der Waals surface area contributed by atoms with Crippen molar-refractivity contribution < 1.29 is 117 Å². The minimum absolute atomic E-state index is 0. The maximum Gasteiger partial charge on any atom is 2.00 e. The van der Waals surface area contributed by atoms with E-state index in [0.717, 1.165) is 121 Å². The first-order chi connectivity index (χ1) is 49.3. The quantitative estimate of drug-likeness (QED) is 0.0383. The van der Waals surface area contributed by atoms with Crippen LogP contribution in [-0.4, -0.2) is 111 Å². The SMILES string of the molecule is C.CBr.CC.CC.CCC.CCc1nc(-c2nc(C)c([C-](C)C)n2C)ncc1C.CCc1nc(-c2nc([C-](C)C)c(C)n2C)ncc1C.CCl.Cc1cnc(-c2nc(C)c([C-](C)C)[nH]2)nc1Cl.Cc1cnc(-c2nc(C)c([C-](C)C)[nH]2)nc1Cl.Cc1nc(-c2ncc(C)c(=O)[nH]2)[nH]c1[C-](C)C.O=P(Cl)(Cl)Cl.[2HH].[2HH].[2HH].[2HH].[2HH].[CH3-].[CH3-].[CH3-].[CH3-].[CH3-].[W+2].[W+2].[W+2].[W+2].[W+2]. The van der Waals surface area contributed by atoms with E-state index in [9.17, 15) is 9.36 Å². The molecular weight excluding hydrogens is 2530 g/mol. The maximum atomic E-state index is 11.5. The molecule has 660 valence electrons. The van der Waals surface area contributed by atoms with Crippen LogP contribution in [0, 0.1) is 136 Å². The number of hydrogen-bond donors (Lipinski definition) is 4. The normalized spacial score (nSPS) is 9.09. The standard InChI is InChI=1S/2C15H21N4.2C12H14ClN4.C12H15N4O.C3H8.2C2H6.CH3Br.CH3Cl.CH4.5CH3.Cl3OP.5W.5H2/c1-7-12-10(4)8-16-14(17-12)15-18-13(9(2)3)11(5)19(15)6;1-7-12-10(4)8-16-14(18-12)15-17-11(5)13(9(2)3)19(15)6;2*1-6(2)9-8(4)15-12(16-9)11-14-5-7(3)10(13)17-11;1-6(2)9-8(4)14-11(15-9)10-13-5-7(3)12(17)16-10;1-3-2;4*1-2;;;;;;;1-5(2,3)4;;;;;;;;;;/h2*8H,7H2,1-6H3;2*5H,1-4H3,(H,15,16);5H,1-4H3,(H,14,15)(H,13,16,17);3H2,1-2H3;2*1-2H3;2*1H3;1H4;5*1H3;;;;;;;5*1H/q5*-1;;;;;;;5*-1;;5*+2;;;;;/i;;;;;;;;;;;;;;;;;;;;;;5*1+1. The zero-order valence-corrected chi connectivity index (χ0v) is 96.3. The van der Waals surface area contributed by atoms with Gasteiger partial charge in [-0.2, -0.15) is 29.6 Å². The Morgan fingerprint density at radius 2 is 0.707 bits per heavy atom. The molecule has 0 spiro atoms. The molecule has 0 unspecified atom stereocenters. The van der Waals surface area contributed by atoms with E-state index in [1.807, 2.05) is 157 Å². The molecule has 0 aliphatic heterocycles. The fourth-order valence-corrected chi connectivity index (χ4v) is 9.74. The van der Waals surface area contributed by atoms with Gasteiger partial charge in [0.2, 0.25) is 0 Å². The number of aromatic nitrogens is 20. The molecule has 10 heterocycles. The van der Waals surface area contributed by atoms with Gasteiger partial charge in [-0.15, -0.1) is 104 Å². The molecule has 10 aromatic heterocycles. The molecule has 22 nitrogen and oxygen atoms in total. The molecule has 0 aliphatic carbocycles. The summed E-state index contributed by atoms with van der Waals surface area (Å²) >= 11 is 33.4. The van der Waals surface area contributed by atoms with Crippen molar-refractivity contribution in [3.05, 3.63) is 215 Å². The molecule has 0 aliphatic rings. The van der Waals surface area contributed by atoms with Crippen LogP contribution in [0.15, 0.2) is 35.8 Å². The number of hydrogen-bond acceptors (Lipinski definition) is 16. The fraction of sp³-hybridized carbons (Fsp3) is 0.444. The van der Waals surface area contributed by atoms with Gasteiger partial charge in [0.25, 0.3) is 5.56 Å². The number of alkyl halides is 2. The van der Waals surface area contributed by atoms with Crippen LogP contribution < -0.4 is 5.56 Å². The van der Waals surface area contributed by atoms with E-state index in [1.165, 1.54) is 36.5 Å². The zero-order chi connectivity index (χ0) is 81.2. The van der Waals surface area contributed by atoms with Crippen molar-refractivity contribution in [1.29, 1.82) is 0 Å².